The molecule has 0 bridgehead atoms. The Morgan fingerprint density at radius 2 is 1.78 bits per heavy atom. The number of hydrogen-bond donors (Lipinski definition) is 1. The summed E-state index contributed by atoms with van der Waals surface area (Å²) >= 11 is 0. The number of benzene rings is 2. The summed E-state index contributed by atoms with van der Waals surface area (Å²) in [4.78, 5) is 12.9. The van der Waals surface area contributed by atoms with Crippen LogP contribution in [0.3, 0.4) is 0 Å². The van der Waals surface area contributed by atoms with E-state index in [9.17, 15) is 13.2 Å². The fourth-order valence-electron chi connectivity index (χ4n) is 2.89. The molecule has 7 heteroatoms. The topological polar surface area (TPSA) is 75.7 Å². The summed E-state index contributed by atoms with van der Waals surface area (Å²) in [5.74, 6) is 0.294. The SMILES string of the molecule is CC[C@H](C(=O)Nc1ccc(OC)cc1)N(c1cc(C)ccc1C)S(C)(=O)=O. The standard InChI is InChI=1S/C20H26N2O4S/c1-6-18(20(23)21-16-9-11-17(26-4)12-10-16)22(27(5,24)25)19-13-14(2)7-8-15(19)3/h7-13,18H,6H2,1-5H3,(H,21,23)/t18-/m1/s1. The molecule has 0 fully saturated rings. The number of methoxy groups -OCH3 is 1. The molecule has 0 spiro atoms. The molecule has 0 aliphatic carbocycles. The third-order valence-electron chi connectivity index (χ3n) is 4.29. The predicted molar refractivity (Wildman–Crippen MR) is 109 cm³/mol. The Balaban J connectivity index is 2.39. The summed E-state index contributed by atoms with van der Waals surface area (Å²) in [5, 5.41) is 2.80. The number of nitrogens with one attached hydrogen (secondary N) is 1. The molecule has 0 radical (unpaired) electrons. The van der Waals surface area contributed by atoms with Crippen LogP contribution in [0.25, 0.3) is 0 Å². The van der Waals surface area contributed by atoms with Crippen LogP contribution in [0, 0.1) is 13.8 Å². The Labute approximate surface area is 161 Å². The lowest BCUT2D eigenvalue weighted by Gasteiger charge is -2.31. The van der Waals surface area contributed by atoms with Gasteiger partial charge < -0.3 is 10.1 Å². The fraction of sp³-hybridized carbons (Fsp3) is 0.350. The van der Waals surface area contributed by atoms with Gasteiger partial charge in [0, 0.05) is 5.69 Å². The van der Waals surface area contributed by atoms with E-state index < -0.39 is 16.1 Å². The van der Waals surface area contributed by atoms with E-state index in [-0.39, 0.29) is 5.91 Å². The van der Waals surface area contributed by atoms with Crippen molar-refractivity contribution in [2.75, 3.05) is 23.0 Å². The van der Waals surface area contributed by atoms with Gasteiger partial charge in [-0.05, 0) is 61.7 Å². The fourth-order valence-corrected chi connectivity index (χ4v) is 4.15. The lowest BCUT2D eigenvalue weighted by molar-refractivity contribution is -0.117. The van der Waals surface area contributed by atoms with Gasteiger partial charge in [-0.1, -0.05) is 19.1 Å². The van der Waals surface area contributed by atoms with Gasteiger partial charge in [0.25, 0.3) is 0 Å². The second kappa shape index (κ2) is 8.43. The Bertz CT molecular complexity index is 908. The van der Waals surface area contributed by atoms with E-state index in [2.05, 4.69) is 5.32 Å². The molecule has 0 aliphatic heterocycles. The summed E-state index contributed by atoms with van der Waals surface area (Å²) < 4.78 is 31.5. The summed E-state index contributed by atoms with van der Waals surface area (Å²) in [6, 6.07) is 11.6. The van der Waals surface area contributed by atoms with E-state index in [1.54, 1.807) is 44.4 Å². The molecule has 0 saturated carbocycles. The first-order chi connectivity index (χ1) is 12.7. The molecule has 2 aromatic rings. The molecular weight excluding hydrogens is 364 g/mol. The van der Waals surface area contributed by atoms with Gasteiger partial charge in [0.15, 0.2) is 0 Å². The Hall–Kier alpha value is -2.54. The molecule has 0 aromatic heterocycles. The lowest BCUT2D eigenvalue weighted by Crippen LogP contribution is -2.47. The van der Waals surface area contributed by atoms with Crippen molar-refractivity contribution in [3.8, 4) is 5.75 Å². The number of nitrogens with zero attached hydrogens (tertiary/aromatic N) is 1. The summed E-state index contributed by atoms with van der Waals surface area (Å²) in [6.45, 7) is 5.52. The molecule has 2 rings (SSSR count). The molecule has 2 aromatic carbocycles. The normalized spacial score (nSPS) is 12.3. The number of carbonyl (C=O) groups is 1. The zero-order valence-electron chi connectivity index (χ0n) is 16.3. The third-order valence-corrected chi connectivity index (χ3v) is 5.46. The van der Waals surface area contributed by atoms with Gasteiger partial charge in [-0.25, -0.2) is 8.42 Å². The van der Waals surface area contributed by atoms with Crippen molar-refractivity contribution in [1.29, 1.82) is 0 Å². The highest BCUT2D eigenvalue weighted by Gasteiger charge is 2.32. The van der Waals surface area contributed by atoms with Crippen LogP contribution >= 0.6 is 0 Å². The van der Waals surface area contributed by atoms with Crippen molar-refractivity contribution < 1.29 is 17.9 Å². The maximum absolute atomic E-state index is 12.9. The summed E-state index contributed by atoms with van der Waals surface area (Å²) in [5.41, 5.74) is 2.82. The highest BCUT2D eigenvalue weighted by molar-refractivity contribution is 7.92. The number of hydrogen-bond acceptors (Lipinski definition) is 4. The van der Waals surface area contributed by atoms with E-state index >= 15 is 0 Å². The van der Waals surface area contributed by atoms with Crippen LogP contribution in [-0.4, -0.2) is 33.7 Å². The van der Waals surface area contributed by atoms with Crippen LogP contribution in [0.5, 0.6) is 5.75 Å². The number of amides is 1. The monoisotopic (exact) mass is 390 g/mol. The van der Waals surface area contributed by atoms with Crippen molar-refractivity contribution >= 4 is 27.3 Å². The largest absolute Gasteiger partial charge is 0.497 e. The van der Waals surface area contributed by atoms with E-state index in [0.717, 1.165) is 17.4 Å². The van der Waals surface area contributed by atoms with Crippen molar-refractivity contribution in [1.82, 2.24) is 0 Å². The zero-order chi connectivity index (χ0) is 20.2. The number of ether oxygens (including phenoxy) is 1. The average molecular weight is 391 g/mol. The molecule has 1 atom stereocenters. The van der Waals surface area contributed by atoms with E-state index in [4.69, 9.17) is 4.74 Å². The highest BCUT2D eigenvalue weighted by Crippen LogP contribution is 2.28. The molecule has 0 saturated heterocycles. The first kappa shape index (κ1) is 20.8. The number of carbonyl (C=O) groups excluding carboxylic acids is 1. The van der Waals surface area contributed by atoms with Gasteiger partial charge in [0.2, 0.25) is 15.9 Å². The molecule has 0 unspecified atom stereocenters. The third kappa shape index (κ3) is 5.01. The van der Waals surface area contributed by atoms with Crippen LogP contribution in [0.4, 0.5) is 11.4 Å². The smallest absolute Gasteiger partial charge is 0.248 e. The van der Waals surface area contributed by atoms with E-state index in [1.165, 1.54) is 4.31 Å². The van der Waals surface area contributed by atoms with Crippen LogP contribution < -0.4 is 14.4 Å². The number of rotatable bonds is 7. The molecule has 146 valence electrons. The maximum atomic E-state index is 12.9. The lowest BCUT2D eigenvalue weighted by atomic mass is 10.1. The minimum atomic E-state index is -3.66. The number of aryl methyl sites for hydroxylation is 2. The predicted octanol–water partition coefficient (Wildman–Crippen LogP) is 3.50. The maximum Gasteiger partial charge on any atom is 0.248 e. The zero-order valence-corrected chi connectivity index (χ0v) is 17.1. The molecule has 27 heavy (non-hydrogen) atoms. The Morgan fingerprint density at radius 1 is 1.15 bits per heavy atom. The van der Waals surface area contributed by atoms with Gasteiger partial charge in [0.05, 0.1) is 19.1 Å². The van der Waals surface area contributed by atoms with Crippen LogP contribution in [0.2, 0.25) is 0 Å². The Kier molecular flexibility index (Phi) is 6.49. The highest BCUT2D eigenvalue weighted by atomic mass is 32.2. The Morgan fingerprint density at radius 3 is 2.30 bits per heavy atom. The van der Waals surface area contributed by atoms with Crippen LogP contribution in [0.1, 0.15) is 24.5 Å². The minimum Gasteiger partial charge on any atom is -0.497 e. The van der Waals surface area contributed by atoms with Crippen molar-refractivity contribution in [2.45, 2.75) is 33.2 Å². The van der Waals surface area contributed by atoms with Gasteiger partial charge >= 0.3 is 0 Å². The van der Waals surface area contributed by atoms with Crippen LogP contribution in [0.15, 0.2) is 42.5 Å². The van der Waals surface area contributed by atoms with Crippen molar-refractivity contribution in [2.24, 2.45) is 0 Å². The first-order valence-electron chi connectivity index (χ1n) is 8.69. The van der Waals surface area contributed by atoms with Crippen molar-refractivity contribution in [3.63, 3.8) is 0 Å². The van der Waals surface area contributed by atoms with Crippen molar-refractivity contribution in [3.05, 3.63) is 53.6 Å². The molecular formula is C20H26N2O4S. The summed E-state index contributed by atoms with van der Waals surface area (Å²) in [7, 11) is -2.10. The molecule has 0 heterocycles. The first-order valence-corrected chi connectivity index (χ1v) is 10.5. The quantitative estimate of drug-likeness (QED) is 0.785. The summed E-state index contributed by atoms with van der Waals surface area (Å²) in [6.07, 6.45) is 1.46. The van der Waals surface area contributed by atoms with Gasteiger partial charge in [0.1, 0.15) is 11.8 Å². The molecule has 1 N–H and O–H groups in total. The second-order valence-corrected chi connectivity index (χ2v) is 8.35. The van der Waals surface area contributed by atoms with Gasteiger partial charge in [-0.2, -0.15) is 0 Å². The van der Waals surface area contributed by atoms with Gasteiger partial charge in [-0.15, -0.1) is 0 Å². The van der Waals surface area contributed by atoms with Gasteiger partial charge in [-0.3, -0.25) is 9.10 Å². The van der Waals surface area contributed by atoms with Crippen LogP contribution in [-0.2, 0) is 14.8 Å². The minimum absolute atomic E-state index is 0.336. The number of anilines is 2. The average Bonchev–Trinajstić information content (AvgIpc) is 2.61. The molecule has 0 aliphatic rings. The molecule has 1 amide bonds. The molecule has 6 nitrogen and oxygen atoms in total. The van der Waals surface area contributed by atoms with E-state index in [1.807, 2.05) is 26.0 Å². The number of sulfonamides is 1. The van der Waals surface area contributed by atoms with E-state index in [0.29, 0.717) is 23.5 Å². The second-order valence-electron chi connectivity index (χ2n) is 6.49.